The van der Waals surface area contributed by atoms with Gasteiger partial charge in [0, 0.05) is 6.07 Å². The molecule has 19 heavy (non-hydrogen) atoms. The van der Waals surface area contributed by atoms with Gasteiger partial charge in [-0.2, -0.15) is 13.2 Å². The Morgan fingerprint density at radius 1 is 1.00 bits per heavy atom. The Bertz CT molecular complexity index is 550. The van der Waals surface area contributed by atoms with Gasteiger partial charge in [-0.15, -0.1) is 0 Å². The van der Waals surface area contributed by atoms with E-state index in [1.165, 1.54) is 0 Å². The Morgan fingerprint density at radius 2 is 1.68 bits per heavy atom. The zero-order valence-corrected chi connectivity index (χ0v) is 9.82. The summed E-state index contributed by atoms with van der Waals surface area (Å²) in [6, 6.07) is 11.7. The van der Waals surface area contributed by atoms with Gasteiger partial charge >= 0.3 is 6.18 Å². The molecule has 0 amide bonds. The molecule has 5 heteroatoms. The number of aromatic hydroxyl groups is 1. The number of ether oxygens (including phenoxy) is 1. The Kier molecular flexibility index (Phi) is 3.64. The van der Waals surface area contributed by atoms with Gasteiger partial charge in [-0.3, -0.25) is 0 Å². The first-order chi connectivity index (χ1) is 8.95. The van der Waals surface area contributed by atoms with Crippen molar-refractivity contribution in [3.05, 3.63) is 59.7 Å². The lowest BCUT2D eigenvalue weighted by Gasteiger charge is -2.11. The summed E-state index contributed by atoms with van der Waals surface area (Å²) in [5.41, 5.74) is -0.102. The molecule has 100 valence electrons. The van der Waals surface area contributed by atoms with Gasteiger partial charge in [-0.25, -0.2) is 0 Å². The standard InChI is InChI=1S/C14H11F3O2/c15-14(16,17)11-6-12(18)8-13(7-11)19-9-10-4-2-1-3-5-10/h1-8,18H,9H2. The molecule has 0 bridgehead atoms. The summed E-state index contributed by atoms with van der Waals surface area (Å²) in [6.45, 7) is 0.140. The van der Waals surface area contributed by atoms with Gasteiger partial charge in [0.1, 0.15) is 18.1 Å². The molecule has 0 aliphatic heterocycles. The van der Waals surface area contributed by atoms with Crippen molar-refractivity contribution >= 4 is 0 Å². The van der Waals surface area contributed by atoms with Crippen LogP contribution in [-0.4, -0.2) is 5.11 Å². The van der Waals surface area contributed by atoms with Crippen LogP contribution in [0, 0.1) is 0 Å². The van der Waals surface area contributed by atoms with Gasteiger partial charge in [0.2, 0.25) is 0 Å². The van der Waals surface area contributed by atoms with E-state index in [1.54, 1.807) is 12.1 Å². The van der Waals surface area contributed by atoms with E-state index < -0.39 is 17.5 Å². The molecule has 0 aromatic heterocycles. The molecule has 0 aliphatic carbocycles. The van der Waals surface area contributed by atoms with Crippen molar-refractivity contribution in [2.24, 2.45) is 0 Å². The third kappa shape index (κ3) is 3.64. The summed E-state index contributed by atoms with van der Waals surface area (Å²) in [5.74, 6) is -0.492. The summed E-state index contributed by atoms with van der Waals surface area (Å²) in [5, 5.41) is 9.27. The summed E-state index contributed by atoms with van der Waals surface area (Å²) < 4.78 is 42.9. The molecule has 0 fully saturated rings. The normalized spacial score (nSPS) is 11.3. The van der Waals surface area contributed by atoms with Gasteiger partial charge in [-0.1, -0.05) is 30.3 Å². The number of hydrogen-bond acceptors (Lipinski definition) is 2. The first-order valence-corrected chi connectivity index (χ1v) is 5.53. The van der Waals surface area contributed by atoms with Crippen LogP contribution in [0.25, 0.3) is 0 Å². The van der Waals surface area contributed by atoms with Gasteiger partial charge in [0.15, 0.2) is 0 Å². The van der Waals surface area contributed by atoms with E-state index in [2.05, 4.69) is 0 Å². The zero-order chi connectivity index (χ0) is 13.9. The molecule has 0 radical (unpaired) electrons. The van der Waals surface area contributed by atoms with Gasteiger partial charge in [0.25, 0.3) is 0 Å². The molecule has 0 saturated carbocycles. The summed E-state index contributed by atoms with van der Waals surface area (Å²) in [6.07, 6.45) is -4.51. The highest BCUT2D eigenvalue weighted by Gasteiger charge is 2.31. The maximum atomic E-state index is 12.5. The molecule has 0 heterocycles. The quantitative estimate of drug-likeness (QED) is 0.912. The van der Waals surface area contributed by atoms with Crippen LogP contribution in [0.3, 0.4) is 0 Å². The van der Waals surface area contributed by atoms with E-state index in [-0.39, 0.29) is 12.4 Å². The molecular weight excluding hydrogens is 257 g/mol. The highest BCUT2D eigenvalue weighted by Crippen LogP contribution is 2.34. The highest BCUT2D eigenvalue weighted by atomic mass is 19.4. The molecular formula is C14H11F3O2. The third-order valence-corrected chi connectivity index (χ3v) is 2.47. The third-order valence-electron chi connectivity index (χ3n) is 2.47. The van der Waals surface area contributed by atoms with Crippen LogP contribution in [0.2, 0.25) is 0 Å². The van der Waals surface area contributed by atoms with Crippen molar-refractivity contribution in [3.63, 3.8) is 0 Å². The van der Waals surface area contributed by atoms with Crippen LogP contribution in [-0.2, 0) is 12.8 Å². The molecule has 2 nitrogen and oxygen atoms in total. The fraction of sp³-hybridized carbons (Fsp3) is 0.143. The SMILES string of the molecule is Oc1cc(OCc2ccccc2)cc(C(F)(F)F)c1. The Morgan fingerprint density at radius 3 is 2.32 bits per heavy atom. The number of phenols is 1. The Hall–Kier alpha value is -2.17. The molecule has 2 aromatic rings. The van der Waals surface area contributed by atoms with E-state index in [0.717, 1.165) is 17.7 Å². The molecule has 1 N–H and O–H groups in total. The molecule has 0 saturated heterocycles. The lowest BCUT2D eigenvalue weighted by atomic mass is 10.2. The smallest absolute Gasteiger partial charge is 0.416 e. The number of hydrogen-bond donors (Lipinski definition) is 1. The van der Waals surface area contributed by atoms with E-state index in [0.29, 0.717) is 6.07 Å². The molecule has 2 rings (SSSR count). The van der Waals surface area contributed by atoms with Crippen LogP contribution < -0.4 is 4.74 Å². The average molecular weight is 268 g/mol. The van der Waals surface area contributed by atoms with Crippen molar-refractivity contribution in [3.8, 4) is 11.5 Å². The molecule has 0 unspecified atom stereocenters. The number of rotatable bonds is 3. The Labute approximate surface area is 108 Å². The second-order valence-corrected chi connectivity index (χ2v) is 3.99. The molecule has 0 atom stereocenters. The van der Waals surface area contributed by atoms with Crippen molar-refractivity contribution in [1.82, 2.24) is 0 Å². The van der Waals surface area contributed by atoms with E-state index in [4.69, 9.17) is 4.74 Å². The van der Waals surface area contributed by atoms with E-state index in [1.807, 2.05) is 18.2 Å². The van der Waals surface area contributed by atoms with Crippen LogP contribution in [0.15, 0.2) is 48.5 Å². The van der Waals surface area contributed by atoms with Crippen LogP contribution in [0.4, 0.5) is 13.2 Å². The number of halogens is 3. The molecule has 2 aromatic carbocycles. The first-order valence-electron chi connectivity index (χ1n) is 5.53. The maximum Gasteiger partial charge on any atom is 0.416 e. The molecule has 0 spiro atoms. The zero-order valence-electron chi connectivity index (χ0n) is 9.82. The van der Waals surface area contributed by atoms with Crippen LogP contribution in [0.1, 0.15) is 11.1 Å². The summed E-state index contributed by atoms with van der Waals surface area (Å²) in [7, 11) is 0. The fourth-order valence-electron chi connectivity index (χ4n) is 1.57. The van der Waals surface area contributed by atoms with Gasteiger partial charge < -0.3 is 9.84 Å². The largest absolute Gasteiger partial charge is 0.508 e. The van der Waals surface area contributed by atoms with E-state index in [9.17, 15) is 18.3 Å². The topological polar surface area (TPSA) is 29.5 Å². The minimum atomic E-state index is -4.51. The predicted molar refractivity (Wildman–Crippen MR) is 63.9 cm³/mol. The number of alkyl halides is 3. The maximum absolute atomic E-state index is 12.5. The lowest BCUT2D eigenvalue weighted by molar-refractivity contribution is -0.137. The van der Waals surface area contributed by atoms with E-state index >= 15 is 0 Å². The second-order valence-electron chi connectivity index (χ2n) is 3.99. The van der Waals surface area contributed by atoms with Crippen molar-refractivity contribution < 1.29 is 23.0 Å². The van der Waals surface area contributed by atoms with Crippen molar-refractivity contribution in [1.29, 1.82) is 0 Å². The minimum Gasteiger partial charge on any atom is -0.508 e. The van der Waals surface area contributed by atoms with Gasteiger partial charge in [-0.05, 0) is 17.7 Å². The van der Waals surface area contributed by atoms with Crippen LogP contribution >= 0.6 is 0 Å². The number of benzene rings is 2. The fourth-order valence-corrected chi connectivity index (χ4v) is 1.57. The van der Waals surface area contributed by atoms with Crippen molar-refractivity contribution in [2.75, 3.05) is 0 Å². The minimum absolute atomic E-state index is 0.0174. The average Bonchev–Trinajstić information content (AvgIpc) is 2.36. The second kappa shape index (κ2) is 5.22. The van der Waals surface area contributed by atoms with Gasteiger partial charge in [0.05, 0.1) is 5.56 Å². The predicted octanol–water partition coefficient (Wildman–Crippen LogP) is 3.99. The monoisotopic (exact) mass is 268 g/mol. The van der Waals surface area contributed by atoms with Crippen LogP contribution in [0.5, 0.6) is 11.5 Å². The highest BCUT2D eigenvalue weighted by molar-refractivity contribution is 5.39. The summed E-state index contributed by atoms with van der Waals surface area (Å²) >= 11 is 0. The summed E-state index contributed by atoms with van der Waals surface area (Å²) in [4.78, 5) is 0. The number of phenolic OH excluding ortho intramolecular Hbond substituents is 1. The molecule has 0 aliphatic rings. The lowest BCUT2D eigenvalue weighted by Crippen LogP contribution is -2.05. The Balaban J connectivity index is 2.15. The first kappa shape index (κ1) is 13.3. The van der Waals surface area contributed by atoms with Crippen molar-refractivity contribution in [2.45, 2.75) is 12.8 Å².